The van der Waals surface area contributed by atoms with E-state index in [4.69, 9.17) is 11.6 Å². The van der Waals surface area contributed by atoms with E-state index in [0.717, 1.165) is 21.5 Å². The number of rotatable bonds is 5. The first-order valence-corrected chi connectivity index (χ1v) is 16.0. The van der Waals surface area contributed by atoms with Gasteiger partial charge in [-0.05, 0) is 58.9 Å². The van der Waals surface area contributed by atoms with E-state index >= 15 is 0 Å². The van der Waals surface area contributed by atoms with Crippen molar-refractivity contribution in [3.8, 4) is 22.3 Å². The largest absolute Gasteiger partial charge is 0.455 e. The number of benzene rings is 8. The van der Waals surface area contributed by atoms with Crippen LogP contribution in [0, 0.1) is 0 Å². The highest BCUT2D eigenvalue weighted by molar-refractivity contribution is 6.20. The molecule has 2 heterocycles. The van der Waals surface area contributed by atoms with Crippen LogP contribution in [0.1, 0.15) is 11.0 Å². The molecule has 0 N–H and O–H groups in total. The molecule has 10 aromatic rings. The molecule has 0 saturated heterocycles. The van der Waals surface area contributed by atoms with Crippen molar-refractivity contribution in [3.63, 3.8) is 0 Å². The monoisotopic (exact) mass is 635 g/mol. The van der Waals surface area contributed by atoms with Crippen molar-refractivity contribution in [2.45, 2.75) is 0 Å². The van der Waals surface area contributed by atoms with Crippen LogP contribution in [0.3, 0.4) is 0 Å². The summed E-state index contributed by atoms with van der Waals surface area (Å²) in [6.45, 7) is 0. The zero-order chi connectivity index (χ0) is 39.3. The minimum Gasteiger partial charge on any atom is -0.455 e. The molecule has 2 aromatic heterocycles. The molecule has 0 aliphatic rings. The van der Waals surface area contributed by atoms with Gasteiger partial charge in [-0.1, -0.05) is 133 Å². The van der Waals surface area contributed by atoms with Crippen LogP contribution < -0.4 is 4.90 Å². The van der Waals surface area contributed by atoms with Crippen LogP contribution in [-0.2, 0) is 0 Å². The summed E-state index contributed by atoms with van der Waals surface area (Å²) in [5, 5.41) is 4.71. The number of furan rings is 2. The molecule has 10 rings (SSSR count). The van der Waals surface area contributed by atoms with Crippen molar-refractivity contribution in [2.75, 3.05) is 4.90 Å². The van der Waals surface area contributed by atoms with Crippen LogP contribution in [0.5, 0.6) is 0 Å². The Bertz CT molecular complexity index is 3300. The van der Waals surface area contributed by atoms with E-state index in [1.165, 1.54) is 4.90 Å². The summed E-state index contributed by atoms with van der Waals surface area (Å²) < 4.78 is 87.5. The molecule has 8 aromatic carbocycles. The lowest BCUT2D eigenvalue weighted by molar-refractivity contribution is 0.670. The van der Waals surface area contributed by atoms with Gasteiger partial charge >= 0.3 is 0 Å². The van der Waals surface area contributed by atoms with E-state index in [0.29, 0.717) is 49.9 Å². The number of anilines is 3. The van der Waals surface area contributed by atoms with Crippen molar-refractivity contribution in [2.24, 2.45) is 0 Å². The molecule has 0 aliphatic heterocycles. The smallest absolute Gasteiger partial charge is 0.143 e. The molecule has 0 radical (unpaired) electrons. The van der Waals surface area contributed by atoms with Crippen LogP contribution in [0.2, 0.25) is 0 Å². The molecule has 49 heavy (non-hydrogen) atoms. The van der Waals surface area contributed by atoms with Crippen molar-refractivity contribution in [3.05, 3.63) is 176 Å². The second kappa shape index (κ2) is 11.0. The summed E-state index contributed by atoms with van der Waals surface area (Å²) in [6, 6.07) is 35.6. The zero-order valence-electron chi connectivity index (χ0n) is 33.9. The maximum absolute atomic E-state index is 10.0. The molecule has 3 heteroatoms. The maximum atomic E-state index is 10.0. The molecule has 0 bridgehead atoms. The Morgan fingerprint density at radius 1 is 0.449 bits per heavy atom. The first-order valence-electron chi connectivity index (χ1n) is 20.0. The van der Waals surface area contributed by atoms with E-state index in [9.17, 15) is 8.22 Å². The lowest BCUT2D eigenvalue weighted by Crippen LogP contribution is -2.11. The molecule has 3 nitrogen and oxygen atoms in total. The molecular formula is C46H29NO2. The van der Waals surface area contributed by atoms with Crippen LogP contribution in [0.4, 0.5) is 17.1 Å². The summed E-state index contributed by atoms with van der Waals surface area (Å²) in [7, 11) is 0. The van der Waals surface area contributed by atoms with E-state index < -0.39 is 30.2 Å². The molecule has 0 spiro atoms. The van der Waals surface area contributed by atoms with Gasteiger partial charge in [0.15, 0.2) is 0 Å². The Kier molecular flexibility index (Phi) is 4.63. The van der Waals surface area contributed by atoms with Gasteiger partial charge < -0.3 is 13.7 Å². The Morgan fingerprint density at radius 2 is 1.20 bits per heavy atom. The van der Waals surface area contributed by atoms with Gasteiger partial charge in [0.25, 0.3) is 0 Å². The minimum atomic E-state index is -0.511. The lowest BCUT2D eigenvalue weighted by Gasteiger charge is -2.29. The minimum absolute atomic E-state index is 0.0261. The second-order valence-corrected chi connectivity index (χ2v) is 11.8. The Morgan fingerprint density at radius 3 is 2.14 bits per heavy atom. The number of fused-ring (bicyclic) bond motifs is 8. The normalized spacial score (nSPS) is 14.0. The summed E-state index contributed by atoms with van der Waals surface area (Å²) in [5.41, 5.74) is 3.32. The third-order valence-electron chi connectivity index (χ3n) is 9.07. The van der Waals surface area contributed by atoms with Crippen molar-refractivity contribution in [1.82, 2.24) is 0 Å². The van der Waals surface area contributed by atoms with Crippen LogP contribution >= 0.6 is 0 Å². The highest BCUT2D eigenvalue weighted by Gasteiger charge is 2.23. The highest BCUT2D eigenvalue weighted by atomic mass is 16.3. The van der Waals surface area contributed by atoms with Gasteiger partial charge in [-0.3, -0.25) is 0 Å². The predicted octanol–water partition coefficient (Wildman–Crippen LogP) is 13.4. The van der Waals surface area contributed by atoms with Gasteiger partial charge in [0.1, 0.15) is 22.3 Å². The Labute approximate surface area is 294 Å². The lowest BCUT2D eigenvalue weighted by atomic mass is 9.99. The molecule has 0 atom stereocenters. The van der Waals surface area contributed by atoms with Gasteiger partial charge in [0.05, 0.1) is 27.7 Å². The predicted molar refractivity (Wildman–Crippen MR) is 204 cm³/mol. The number of hydrogen-bond donors (Lipinski definition) is 0. The van der Waals surface area contributed by atoms with Crippen LogP contribution in [0.15, 0.2) is 185 Å². The average Bonchev–Trinajstić information content (AvgIpc) is 3.82. The first-order chi connectivity index (χ1) is 27.7. The fraction of sp³-hybridized carbons (Fsp3) is 0. The van der Waals surface area contributed by atoms with Crippen LogP contribution in [0.25, 0.3) is 76.9 Å². The second-order valence-electron chi connectivity index (χ2n) is 11.8. The summed E-state index contributed by atoms with van der Waals surface area (Å²) in [4.78, 5) is 1.50. The van der Waals surface area contributed by atoms with Gasteiger partial charge in [-0.25, -0.2) is 0 Å². The fourth-order valence-corrected chi connectivity index (χ4v) is 6.89. The molecule has 0 fully saturated rings. The maximum Gasteiger partial charge on any atom is 0.143 e. The van der Waals surface area contributed by atoms with Crippen molar-refractivity contribution < 1.29 is 19.8 Å². The Balaban J connectivity index is 1.39. The topological polar surface area (TPSA) is 29.5 Å². The molecule has 230 valence electrons. The summed E-state index contributed by atoms with van der Waals surface area (Å²) in [5.74, 6) is 0. The highest BCUT2D eigenvalue weighted by Crippen LogP contribution is 2.47. The fourth-order valence-electron chi connectivity index (χ4n) is 6.89. The number of hydrogen-bond acceptors (Lipinski definition) is 3. The van der Waals surface area contributed by atoms with Crippen molar-refractivity contribution >= 4 is 71.7 Å². The van der Waals surface area contributed by atoms with E-state index in [1.807, 2.05) is 78.9 Å². The molecule has 0 aliphatic carbocycles. The standard InChI is InChI=1S/C46H29NO2/c1-2-13-30(14-3-1)34-18-6-8-23-40(34)47(41-24-12-26-43-44(41)39-28-27-31-15-4-5-19-35(31)46(39)49-43)33-17-10-16-32(29-33)36-21-11-22-38-37-20-7-9-25-42(37)48-45(36)38/h1-29H/i6D,8D,10D,16D,17D,18D,23D,29D. The SMILES string of the molecule is [2H]c1c([2H])c([2H])c(N(c2c([2H])c([2H])c([2H])c(-c3cccc4c3oc3ccccc34)c2[2H])c2cccc3oc4c5ccccc5ccc4c23)c(-c2ccccc2)c1[2H]. The molecular weight excluding hydrogens is 599 g/mol. The quantitative estimate of drug-likeness (QED) is 0.188. The summed E-state index contributed by atoms with van der Waals surface area (Å²) >= 11 is 0. The zero-order valence-corrected chi connectivity index (χ0v) is 25.9. The Hall–Kier alpha value is -6.58. The van der Waals surface area contributed by atoms with Gasteiger partial charge in [0.2, 0.25) is 0 Å². The third-order valence-corrected chi connectivity index (χ3v) is 9.07. The molecule has 0 saturated carbocycles. The number of para-hydroxylation sites is 3. The molecule has 0 unspecified atom stereocenters. The van der Waals surface area contributed by atoms with Gasteiger partial charge in [0, 0.05) is 38.4 Å². The van der Waals surface area contributed by atoms with Crippen molar-refractivity contribution in [1.29, 1.82) is 0 Å². The van der Waals surface area contributed by atoms with E-state index in [-0.39, 0.29) is 40.6 Å². The number of nitrogens with zero attached hydrogens (tertiary/aromatic N) is 1. The van der Waals surface area contributed by atoms with E-state index in [2.05, 4.69) is 0 Å². The van der Waals surface area contributed by atoms with Gasteiger partial charge in [-0.15, -0.1) is 0 Å². The average molecular weight is 636 g/mol. The third kappa shape index (κ3) is 4.37. The first kappa shape index (κ1) is 20.6. The molecule has 0 amide bonds. The van der Waals surface area contributed by atoms with Gasteiger partial charge in [-0.2, -0.15) is 0 Å². The summed E-state index contributed by atoms with van der Waals surface area (Å²) in [6.07, 6.45) is 0. The van der Waals surface area contributed by atoms with E-state index in [1.54, 1.807) is 48.5 Å². The van der Waals surface area contributed by atoms with Crippen LogP contribution in [-0.4, -0.2) is 0 Å².